The van der Waals surface area contributed by atoms with Crippen LogP contribution in [0.3, 0.4) is 0 Å². The van der Waals surface area contributed by atoms with Crippen LogP contribution in [0.2, 0.25) is 0 Å². The van der Waals surface area contributed by atoms with Crippen molar-refractivity contribution < 1.29 is 29.0 Å². The number of carboxylic acid groups (broad SMARTS) is 2. The van der Waals surface area contributed by atoms with E-state index >= 15 is 0 Å². The number of rotatable bonds is 10. The number of carbonyl (C=O) groups is 2. The van der Waals surface area contributed by atoms with E-state index in [0.29, 0.717) is 25.3 Å². The van der Waals surface area contributed by atoms with Gasteiger partial charge in [-0.15, -0.1) is 0 Å². The molecular formula is C26H25NO6. The molecule has 2 N–H and O–H groups in total. The molecule has 170 valence electrons. The van der Waals surface area contributed by atoms with Gasteiger partial charge < -0.3 is 19.4 Å². The molecule has 0 aliphatic rings. The van der Waals surface area contributed by atoms with Gasteiger partial charge in [0.05, 0.1) is 6.61 Å². The number of unbranched alkanes of at least 4 members (excludes halogenated alkanes) is 2. The molecule has 0 aliphatic carbocycles. The van der Waals surface area contributed by atoms with Crippen LogP contribution in [-0.4, -0.2) is 33.7 Å². The molecule has 1 heterocycles. The van der Waals surface area contributed by atoms with E-state index in [0.717, 1.165) is 45.2 Å². The normalized spacial score (nSPS) is 11.3. The maximum Gasteiger partial charge on any atom is 0.317 e. The fourth-order valence-corrected chi connectivity index (χ4v) is 3.83. The smallest absolute Gasteiger partial charge is 0.317 e. The Morgan fingerprint density at radius 1 is 0.970 bits per heavy atom. The summed E-state index contributed by atoms with van der Waals surface area (Å²) < 4.78 is 11.8. The largest absolute Gasteiger partial charge is 0.494 e. The maximum atomic E-state index is 10.9. The zero-order valence-corrected chi connectivity index (χ0v) is 18.3. The monoisotopic (exact) mass is 447 g/mol. The molecule has 0 aliphatic heterocycles. The first-order chi connectivity index (χ1) is 15.9. The lowest BCUT2D eigenvalue weighted by molar-refractivity contribution is -0.154. The number of oxazole rings is 1. The number of nitrogens with zero attached hydrogens (tertiary/aromatic N) is 1. The van der Waals surface area contributed by atoms with Crippen molar-refractivity contribution in [2.45, 2.75) is 32.6 Å². The van der Waals surface area contributed by atoms with Gasteiger partial charge in [-0.2, -0.15) is 0 Å². The average Bonchev–Trinajstić information content (AvgIpc) is 3.23. The van der Waals surface area contributed by atoms with Gasteiger partial charge in [0.1, 0.15) is 11.3 Å². The van der Waals surface area contributed by atoms with Crippen LogP contribution in [0.4, 0.5) is 0 Å². The van der Waals surface area contributed by atoms with E-state index in [-0.39, 0.29) is 6.42 Å². The third-order valence-corrected chi connectivity index (χ3v) is 5.68. The van der Waals surface area contributed by atoms with Crippen molar-refractivity contribution in [3.63, 3.8) is 0 Å². The number of hydrogen-bond donors (Lipinski definition) is 2. The number of ether oxygens (including phenoxy) is 1. The predicted molar refractivity (Wildman–Crippen MR) is 124 cm³/mol. The summed E-state index contributed by atoms with van der Waals surface area (Å²) in [6.45, 7) is 2.50. The number of para-hydroxylation sites is 1. The molecule has 7 heteroatoms. The summed E-state index contributed by atoms with van der Waals surface area (Å²) in [6, 6.07) is 17.8. The van der Waals surface area contributed by atoms with Gasteiger partial charge in [-0.05, 0) is 66.4 Å². The number of hydrogen-bond acceptors (Lipinski definition) is 5. The number of benzene rings is 3. The van der Waals surface area contributed by atoms with Gasteiger partial charge in [-0.3, -0.25) is 9.59 Å². The highest BCUT2D eigenvalue weighted by molar-refractivity contribution is 5.92. The second-order valence-electron chi connectivity index (χ2n) is 8.09. The van der Waals surface area contributed by atoms with Gasteiger partial charge in [0.2, 0.25) is 5.89 Å². The summed E-state index contributed by atoms with van der Waals surface area (Å²) >= 11 is 0. The number of aromatic nitrogens is 1. The first-order valence-electron chi connectivity index (χ1n) is 10.9. The average molecular weight is 447 g/mol. The molecule has 4 aromatic rings. The van der Waals surface area contributed by atoms with E-state index in [1.165, 1.54) is 0 Å². The number of aliphatic carboxylic acids is 2. The van der Waals surface area contributed by atoms with Crippen molar-refractivity contribution in [2.24, 2.45) is 5.92 Å². The Morgan fingerprint density at radius 2 is 1.73 bits per heavy atom. The SMILES string of the molecule is Cc1cccc2oc(-c3ccc4cc(OCCCCCC(C(=O)O)C(=O)O)ccc4c3)nc12. The van der Waals surface area contributed by atoms with Gasteiger partial charge >= 0.3 is 11.9 Å². The Bertz CT molecular complexity index is 1290. The highest BCUT2D eigenvalue weighted by Crippen LogP contribution is 2.30. The fraction of sp³-hybridized carbons (Fsp3) is 0.269. The van der Waals surface area contributed by atoms with E-state index in [4.69, 9.17) is 19.4 Å². The Labute approximate surface area is 190 Å². The van der Waals surface area contributed by atoms with E-state index in [9.17, 15) is 9.59 Å². The summed E-state index contributed by atoms with van der Waals surface area (Å²) in [7, 11) is 0. The topological polar surface area (TPSA) is 110 Å². The highest BCUT2D eigenvalue weighted by atomic mass is 16.5. The maximum absolute atomic E-state index is 10.9. The summed E-state index contributed by atoms with van der Waals surface area (Å²) in [5.74, 6) is -2.57. The molecule has 0 spiro atoms. The molecule has 0 atom stereocenters. The van der Waals surface area contributed by atoms with Crippen molar-refractivity contribution in [1.29, 1.82) is 0 Å². The second kappa shape index (κ2) is 9.73. The lowest BCUT2D eigenvalue weighted by atomic mass is 10.0. The lowest BCUT2D eigenvalue weighted by Gasteiger charge is -2.09. The summed E-state index contributed by atoms with van der Waals surface area (Å²) in [5, 5.41) is 19.9. The van der Waals surface area contributed by atoms with Crippen molar-refractivity contribution in [3.05, 3.63) is 60.2 Å². The summed E-state index contributed by atoms with van der Waals surface area (Å²) in [4.78, 5) is 26.4. The van der Waals surface area contributed by atoms with Crippen LogP contribution in [0.25, 0.3) is 33.3 Å². The predicted octanol–water partition coefficient (Wildman–Crippen LogP) is 5.68. The molecule has 0 saturated heterocycles. The first kappa shape index (κ1) is 22.3. The van der Waals surface area contributed by atoms with Crippen LogP contribution in [0, 0.1) is 12.8 Å². The Balaban J connectivity index is 1.34. The number of carboxylic acids is 2. The van der Waals surface area contributed by atoms with Gasteiger partial charge in [-0.1, -0.05) is 37.1 Å². The third kappa shape index (κ3) is 5.14. The zero-order valence-electron chi connectivity index (χ0n) is 18.3. The minimum Gasteiger partial charge on any atom is -0.494 e. The minimum absolute atomic E-state index is 0.128. The molecule has 0 saturated carbocycles. The van der Waals surface area contributed by atoms with E-state index in [2.05, 4.69) is 4.98 Å². The van der Waals surface area contributed by atoms with Crippen molar-refractivity contribution >= 4 is 33.8 Å². The van der Waals surface area contributed by atoms with Crippen LogP contribution in [0.5, 0.6) is 5.75 Å². The quantitative estimate of drug-likeness (QED) is 0.238. The van der Waals surface area contributed by atoms with Crippen molar-refractivity contribution in [1.82, 2.24) is 4.98 Å². The Morgan fingerprint density at radius 3 is 2.48 bits per heavy atom. The molecule has 33 heavy (non-hydrogen) atoms. The molecule has 0 bridgehead atoms. The van der Waals surface area contributed by atoms with Gasteiger partial charge in [0.15, 0.2) is 11.5 Å². The van der Waals surface area contributed by atoms with E-state index in [1.807, 2.05) is 61.5 Å². The van der Waals surface area contributed by atoms with Crippen LogP contribution >= 0.6 is 0 Å². The Kier molecular flexibility index (Phi) is 6.58. The van der Waals surface area contributed by atoms with E-state index in [1.54, 1.807) is 0 Å². The van der Waals surface area contributed by atoms with Gasteiger partial charge in [-0.25, -0.2) is 4.98 Å². The molecule has 3 aromatic carbocycles. The molecule has 0 unspecified atom stereocenters. The molecule has 0 radical (unpaired) electrons. The minimum atomic E-state index is -1.34. The summed E-state index contributed by atoms with van der Waals surface area (Å²) in [6.07, 6.45) is 2.09. The lowest BCUT2D eigenvalue weighted by Crippen LogP contribution is -2.23. The van der Waals surface area contributed by atoms with Gasteiger partial charge in [0.25, 0.3) is 0 Å². The Hall–Kier alpha value is -3.87. The molecular weight excluding hydrogens is 422 g/mol. The zero-order chi connectivity index (χ0) is 23.4. The second-order valence-corrected chi connectivity index (χ2v) is 8.09. The molecule has 1 aromatic heterocycles. The van der Waals surface area contributed by atoms with Crippen molar-refractivity contribution in [2.75, 3.05) is 6.61 Å². The number of aryl methyl sites for hydroxylation is 1. The molecule has 7 nitrogen and oxygen atoms in total. The fourth-order valence-electron chi connectivity index (χ4n) is 3.83. The molecule has 0 amide bonds. The first-order valence-corrected chi connectivity index (χ1v) is 10.9. The van der Waals surface area contributed by atoms with E-state index < -0.39 is 17.9 Å². The van der Waals surface area contributed by atoms with Crippen LogP contribution < -0.4 is 4.74 Å². The third-order valence-electron chi connectivity index (χ3n) is 5.68. The van der Waals surface area contributed by atoms with Crippen LogP contribution in [-0.2, 0) is 9.59 Å². The van der Waals surface area contributed by atoms with Crippen LogP contribution in [0.15, 0.2) is 59.0 Å². The van der Waals surface area contributed by atoms with Crippen molar-refractivity contribution in [3.8, 4) is 17.2 Å². The number of fused-ring (bicyclic) bond motifs is 2. The molecule has 0 fully saturated rings. The molecule has 4 rings (SSSR count). The van der Waals surface area contributed by atoms with Gasteiger partial charge in [0, 0.05) is 5.56 Å². The standard InChI is InChI=1S/C26H25NO6/c1-16-6-5-8-22-23(16)27-24(33-22)19-10-9-18-15-20(12-11-17(18)14-19)32-13-4-2-3-7-21(25(28)29)26(30)31/h5-6,8-12,14-15,21H,2-4,7,13H2,1H3,(H,28,29)(H,30,31). The summed E-state index contributed by atoms with van der Waals surface area (Å²) in [5.41, 5.74) is 3.63. The van der Waals surface area contributed by atoms with Crippen LogP contribution in [0.1, 0.15) is 31.2 Å². The highest BCUT2D eigenvalue weighted by Gasteiger charge is 2.24.